The lowest BCUT2D eigenvalue weighted by Gasteiger charge is -2.35. The van der Waals surface area contributed by atoms with Crippen molar-refractivity contribution in [1.29, 1.82) is 0 Å². The summed E-state index contributed by atoms with van der Waals surface area (Å²) in [5.41, 5.74) is 4.54. The van der Waals surface area contributed by atoms with Gasteiger partial charge in [0.2, 0.25) is 5.91 Å². The molecule has 0 spiro atoms. The second-order valence-electron chi connectivity index (χ2n) is 7.10. The van der Waals surface area contributed by atoms with Gasteiger partial charge in [0.15, 0.2) is 11.5 Å². The van der Waals surface area contributed by atoms with E-state index in [0.717, 1.165) is 36.2 Å². The standard InChI is InChI=1S/C21H20N2O4/c24-19-6-3-14-11-15(10-13-2-1-7-23(19)20(13)14)21(25)22-16-4-5-17-18(12-16)27-9-8-26-17/h4-5,10-12H,1-3,6-9H2,(H,22,25). The van der Waals surface area contributed by atoms with Crippen LogP contribution in [-0.4, -0.2) is 31.6 Å². The fraction of sp³-hybridized carbons (Fsp3) is 0.333. The van der Waals surface area contributed by atoms with Crippen molar-refractivity contribution in [3.05, 3.63) is 47.0 Å². The first kappa shape index (κ1) is 16.2. The van der Waals surface area contributed by atoms with Gasteiger partial charge >= 0.3 is 0 Å². The van der Waals surface area contributed by atoms with Crippen molar-refractivity contribution in [1.82, 2.24) is 0 Å². The van der Waals surface area contributed by atoms with Crippen LogP contribution in [0.3, 0.4) is 0 Å². The van der Waals surface area contributed by atoms with Crippen LogP contribution >= 0.6 is 0 Å². The van der Waals surface area contributed by atoms with Crippen LogP contribution in [-0.2, 0) is 17.6 Å². The maximum absolute atomic E-state index is 12.8. The van der Waals surface area contributed by atoms with Crippen molar-refractivity contribution in [2.75, 3.05) is 30.0 Å². The largest absolute Gasteiger partial charge is 0.486 e. The first-order chi connectivity index (χ1) is 13.2. The minimum atomic E-state index is -0.153. The Morgan fingerprint density at radius 1 is 0.963 bits per heavy atom. The van der Waals surface area contributed by atoms with Crippen LogP contribution in [0.2, 0.25) is 0 Å². The number of nitrogens with zero attached hydrogens (tertiary/aromatic N) is 1. The van der Waals surface area contributed by atoms with Gasteiger partial charge in [0, 0.05) is 30.3 Å². The molecule has 27 heavy (non-hydrogen) atoms. The topological polar surface area (TPSA) is 67.9 Å². The summed E-state index contributed by atoms with van der Waals surface area (Å²) in [4.78, 5) is 26.9. The van der Waals surface area contributed by atoms with Crippen molar-refractivity contribution in [3.8, 4) is 11.5 Å². The lowest BCUT2D eigenvalue weighted by Crippen LogP contribution is -2.39. The average Bonchev–Trinajstić information content (AvgIpc) is 2.70. The van der Waals surface area contributed by atoms with Crippen molar-refractivity contribution >= 4 is 23.2 Å². The molecule has 138 valence electrons. The summed E-state index contributed by atoms with van der Waals surface area (Å²) < 4.78 is 11.1. The summed E-state index contributed by atoms with van der Waals surface area (Å²) in [5, 5.41) is 2.95. The predicted octanol–water partition coefficient (Wildman–Crippen LogP) is 2.94. The molecular weight excluding hydrogens is 344 g/mol. The molecule has 3 aliphatic heterocycles. The molecule has 5 rings (SSSR count). The Labute approximate surface area is 157 Å². The van der Waals surface area contributed by atoms with Crippen LogP contribution in [0.25, 0.3) is 0 Å². The van der Waals surface area contributed by atoms with E-state index in [-0.39, 0.29) is 11.8 Å². The van der Waals surface area contributed by atoms with Crippen LogP contribution in [0, 0.1) is 0 Å². The Morgan fingerprint density at radius 2 is 1.74 bits per heavy atom. The maximum atomic E-state index is 12.8. The molecule has 0 aromatic heterocycles. The molecule has 2 aromatic carbocycles. The molecule has 6 nitrogen and oxygen atoms in total. The van der Waals surface area contributed by atoms with Crippen LogP contribution < -0.4 is 19.7 Å². The number of carbonyl (C=O) groups excluding carboxylic acids is 2. The summed E-state index contributed by atoms with van der Waals surface area (Å²) in [6.07, 6.45) is 3.05. The van der Waals surface area contributed by atoms with Gasteiger partial charge in [-0.2, -0.15) is 0 Å². The van der Waals surface area contributed by atoms with Crippen LogP contribution in [0.4, 0.5) is 11.4 Å². The number of ether oxygens (including phenoxy) is 2. The first-order valence-corrected chi connectivity index (χ1v) is 9.36. The Balaban J connectivity index is 1.43. The lowest BCUT2D eigenvalue weighted by atomic mass is 9.89. The fourth-order valence-electron chi connectivity index (χ4n) is 4.11. The zero-order chi connectivity index (χ0) is 18.4. The zero-order valence-corrected chi connectivity index (χ0v) is 14.9. The van der Waals surface area contributed by atoms with Crippen LogP contribution in [0.15, 0.2) is 30.3 Å². The average molecular weight is 364 g/mol. The van der Waals surface area contributed by atoms with E-state index in [2.05, 4.69) is 5.32 Å². The minimum Gasteiger partial charge on any atom is -0.486 e. The summed E-state index contributed by atoms with van der Waals surface area (Å²) >= 11 is 0. The fourth-order valence-corrected chi connectivity index (χ4v) is 4.11. The van der Waals surface area contributed by atoms with E-state index in [1.807, 2.05) is 29.2 Å². The highest BCUT2D eigenvalue weighted by Gasteiger charge is 2.30. The molecule has 2 aromatic rings. The highest BCUT2D eigenvalue weighted by atomic mass is 16.6. The SMILES string of the molecule is O=C(Nc1ccc2c(c1)OCCO2)c1cc2c3c(c1)CCC(=O)N3CCC2. The van der Waals surface area contributed by atoms with E-state index in [9.17, 15) is 9.59 Å². The van der Waals surface area contributed by atoms with Crippen LogP contribution in [0.5, 0.6) is 11.5 Å². The Hall–Kier alpha value is -3.02. The number of fused-ring (bicyclic) bond motifs is 1. The van der Waals surface area contributed by atoms with Crippen molar-refractivity contribution in [2.24, 2.45) is 0 Å². The van der Waals surface area contributed by atoms with Gasteiger partial charge in [0.1, 0.15) is 13.2 Å². The highest BCUT2D eigenvalue weighted by Crippen LogP contribution is 2.37. The van der Waals surface area contributed by atoms with Gasteiger partial charge < -0.3 is 19.7 Å². The second-order valence-corrected chi connectivity index (χ2v) is 7.10. The van der Waals surface area contributed by atoms with Gasteiger partial charge in [0.25, 0.3) is 5.91 Å². The number of aryl methyl sites for hydroxylation is 2. The third-order valence-electron chi connectivity index (χ3n) is 5.34. The van der Waals surface area contributed by atoms with Crippen LogP contribution in [0.1, 0.15) is 34.3 Å². The number of carbonyl (C=O) groups is 2. The number of nitrogens with one attached hydrogen (secondary N) is 1. The van der Waals surface area contributed by atoms with Gasteiger partial charge in [-0.25, -0.2) is 0 Å². The molecule has 6 heteroatoms. The molecule has 0 bridgehead atoms. The van der Waals surface area contributed by atoms with E-state index >= 15 is 0 Å². The number of hydrogen-bond acceptors (Lipinski definition) is 4. The van der Waals surface area contributed by atoms with Gasteiger partial charge in [-0.1, -0.05) is 0 Å². The summed E-state index contributed by atoms with van der Waals surface area (Å²) in [7, 11) is 0. The molecule has 3 heterocycles. The number of hydrogen-bond donors (Lipinski definition) is 1. The summed E-state index contributed by atoms with van der Waals surface area (Å²) in [6.45, 7) is 1.82. The zero-order valence-electron chi connectivity index (χ0n) is 14.9. The van der Waals surface area contributed by atoms with Gasteiger partial charge in [-0.3, -0.25) is 9.59 Å². The Morgan fingerprint density at radius 3 is 2.59 bits per heavy atom. The van der Waals surface area contributed by atoms with E-state index in [0.29, 0.717) is 48.8 Å². The van der Waals surface area contributed by atoms with Crippen molar-refractivity contribution in [2.45, 2.75) is 25.7 Å². The molecule has 0 saturated carbocycles. The molecule has 0 atom stereocenters. The minimum absolute atomic E-state index is 0.153. The predicted molar refractivity (Wildman–Crippen MR) is 101 cm³/mol. The molecule has 0 radical (unpaired) electrons. The monoisotopic (exact) mass is 364 g/mol. The third kappa shape index (κ3) is 2.81. The molecule has 0 fully saturated rings. The normalized spacial score (nSPS) is 17.3. The van der Waals surface area contributed by atoms with E-state index in [1.165, 1.54) is 0 Å². The number of anilines is 2. The molecular formula is C21H20N2O4. The smallest absolute Gasteiger partial charge is 0.255 e. The molecule has 0 aliphatic carbocycles. The maximum Gasteiger partial charge on any atom is 0.255 e. The highest BCUT2D eigenvalue weighted by molar-refractivity contribution is 6.06. The molecule has 0 unspecified atom stereocenters. The van der Waals surface area contributed by atoms with E-state index in [4.69, 9.17) is 9.47 Å². The second kappa shape index (κ2) is 6.30. The Kier molecular flexibility index (Phi) is 3.77. The summed E-state index contributed by atoms with van der Waals surface area (Å²) in [6, 6.07) is 9.27. The van der Waals surface area contributed by atoms with Crippen molar-refractivity contribution < 1.29 is 19.1 Å². The molecule has 1 N–H and O–H groups in total. The van der Waals surface area contributed by atoms with Crippen molar-refractivity contribution in [3.63, 3.8) is 0 Å². The number of amides is 2. The molecule has 0 saturated heterocycles. The van der Waals surface area contributed by atoms with E-state index < -0.39 is 0 Å². The summed E-state index contributed by atoms with van der Waals surface area (Å²) in [5.74, 6) is 1.38. The quantitative estimate of drug-likeness (QED) is 0.890. The van der Waals surface area contributed by atoms with Gasteiger partial charge in [-0.15, -0.1) is 0 Å². The lowest BCUT2D eigenvalue weighted by molar-refractivity contribution is -0.119. The van der Waals surface area contributed by atoms with E-state index in [1.54, 1.807) is 6.07 Å². The van der Waals surface area contributed by atoms with Gasteiger partial charge in [0.05, 0.1) is 5.69 Å². The molecule has 3 aliphatic rings. The first-order valence-electron chi connectivity index (χ1n) is 9.36. The molecule has 2 amide bonds. The number of rotatable bonds is 2. The number of benzene rings is 2. The third-order valence-corrected chi connectivity index (χ3v) is 5.34. The van der Waals surface area contributed by atoms with Gasteiger partial charge in [-0.05, 0) is 54.7 Å². The Bertz CT molecular complexity index is 936.